The number of ether oxygens (including phenoxy) is 2. The summed E-state index contributed by atoms with van der Waals surface area (Å²) in [4.78, 5) is 20.3. The number of aryl methyl sites for hydroxylation is 1. The molecule has 0 saturated carbocycles. The molecule has 0 atom stereocenters. The molecule has 2 aromatic rings. The zero-order chi connectivity index (χ0) is 24.1. The van der Waals surface area contributed by atoms with E-state index in [9.17, 15) is 4.79 Å². The standard InChI is InChI=1S/C27H26O3.CH2O/c1-19-7-15-25(16-8-19)30-26-17-13-24(14-18-26)20(2)9-10-21(3)27(28)22(4)11-12-23(5)29-6;1-2/h7-18H,2-5H2,1,6H3;1H2/b10-9-,12-11-;. The van der Waals surface area contributed by atoms with Crippen LogP contribution in [0, 0.1) is 6.92 Å². The molecule has 2 rings (SSSR count). The lowest BCUT2D eigenvalue weighted by Crippen LogP contribution is -2.00. The molecule has 0 saturated heterocycles. The molecule has 32 heavy (non-hydrogen) atoms. The minimum atomic E-state index is -0.263. The fourth-order valence-electron chi connectivity index (χ4n) is 2.40. The zero-order valence-electron chi connectivity index (χ0n) is 18.6. The summed E-state index contributed by atoms with van der Waals surface area (Å²) < 4.78 is 10.8. The van der Waals surface area contributed by atoms with Crippen molar-refractivity contribution in [3.8, 4) is 11.5 Å². The molecule has 0 aliphatic rings. The molecule has 0 fully saturated rings. The van der Waals surface area contributed by atoms with Gasteiger partial charge in [-0.05, 0) is 54.5 Å². The Morgan fingerprint density at radius 3 is 1.72 bits per heavy atom. The van der Waals surface area contributed by atoms with E-state index in [1.165, 1.54) is 12.7 Å². The number of Topliss-reactive ketones (excluding diaryl/α,β-unsaturated/α-hetero) is 1. The Labute approximate surface area is 190 Å². The zero-order valence-corrected chi connectivity index (χ0v) is 18.6. The SMILES string of the molecule is C=C(/C=C\C(=C)C(=O)C(=C)/C=C\C(=C)c1ccc(Oc2ccc(C)cc2)cc1)OC.C=O. The van der Waals surface area contributed by atoms with Gasteiger partial charge in [-0.25, -0.2) is 0 Å². The van der Waals surface area contributed by atoms with Crippen LogP contribution in [0.2, 0.25) is 0 Å². The number of methoxy groups -OCH3 is 1. The van der Waals surface area contributed by atoms with Crippen molar-refractivity contribution in [3.63, 3.8) is 0 Å². The minimum absolute atomic E-state index is 0.263. The van der Waals surface area contributed by atoms with E-state index in [2.05, 4.69) is 26.3 Å². The number of ketones is 1. The van der Waals surface area contributed by atoms with Gasteiger partial charge in [-0.3, -0.25) is 4.79 Å². The summed E-state index contributed by atoms with van der Waals surface area (Å²) in [6.07, 6.45) is 6.51. The van der Waals surface area contributed by atoms with Gasteiger partial charge < -0.3 is 14.3 Å². The molecule has 0 heterocycles. The molecule has 0 spiro atoms. The minimum Gasteiger partial charge on any atom is -0.497 e. The number of allylic oxidation sites excluding steroid dienone is 7. The molecule has 0 aromatic heterocycles. The lowest BCUT2D eigenvalue weighted by atomic mass is 10.0. The highest BCUT2D eigenvalue weighted by molar-refractivity contribution is 6.11. The van der Waals surface area contributed by atoms with Gasteiger partial charge in [0.1, 0.15) is 24.0 Å². The number of rotatable bonds is 10. The summed E-state index contributed by atoms with van der Waals surface area (Å²) in [5.41, 5.74) is 3.46. The molecule has 4 nitrogen and oxygen atoms in total. The second kappa shape index (κ2) is 13.2. The van der Waals surface area contributed by atoms with Crippen LogP contribution in [0.25, 0.3) is 5.57 Å². The first kappa shape index (κ1) is 25.9. The van der Waals surface area contributed by atoms with Gasteiger partial charge in [0.05, 0.1) is 7.11 Å². The molecular weight excluding hydrogens is 400 g/mol. The second-order valence-corrected chi connectivity index (χ2v) is 6.68. The number of benzene rings is 2. The van der Waals surface area contributed by atoms with Crippen LogP contribution in [-0.4, -0.2) is 19.7 Å². The van der Waals surface area contributed by atoms with E-state index >= 15 is 0 Å². The van der Waals surface area contributed by atoms with Crippen LogP contribution in [0.15, 0.2) is 116 Å². The summed E-state index contributed by atoms with van der Waals surface area (Å²) in [5, 5.41) is 0. The van der Waals surface area contributed by atoms with Crippen LogP contribution in [0.3, 0.4) is 0 Å². The highest BCUT2D eigenvalue weighted by Crippen LogP contribution is 2.24. The van der Waals surface area contributed by atoms with Crippen LogP contribution in [0.1, 0.15) is 11.1 Å². The van der Waals surface area contributed by atoms with Crippen molar-refractivity contribution in [1.29, 1.82) is 0 Å². The molecule has 0 N–H and O–H groups in total. The van der Waals surface area contributed by atoms with Gasteiger partial charge in [-0.15, -0.1) is 0 Å². The van der Waals surface area contributed by atoms with E-state index in [-0.39, 0.29) is 5.78 Å². The molecule has 0 aliphatic carbocycles. The highest BCUT2D eigenvalue weighted by Gasteiger charge is 2.07. The fraction of sp³-hybridized carbons (Fsp3) is 0.0714. The van der Waals surface area contributed by atoms with Gasteiger partial charge in [0, 0.05) is 11.1 Å². The van der Waals surface area contributed by atoms with E-state index in [1.54, 1.807) is 24.3 Å². The van der Waals surface area contributed by atoms with Crippen LogP contribution >= 0.6 is 0 Å². The Morgan fingerprint density at radius 1 is 0.750 bits per heavy atom. The highest BCUT2D eigenvalue weighted by atomic mass is 16.5. The Bertz CT molecular complexity index is 1040. The smallest absolute Gasteiger partial charge is 0.191 e. The molecule has 0 aliphatic heterocycles. The first-order valence-corrected chi connectivity index (χ1v) is 9.64. The topological polar surface area (TPSA) is 52.6 Å². The van der Waals surface area contributed by atoms with Crippen LogP contribution in [-0.2, 0) is 14.3 Å². The summed E-state index contributed by atoms with van der Waals surface area (Å²) >= 11 is 0. The van der Waals surface area contributed by atoms with Crippen LogP contribution < -0.4 is 4.74 Å². The van der Waals surface area contributed by atoms with Crippen LogP contribution in [0.5, 0.6) is 11.5 Å². The normalized spacial score (nSPS) is 10.2. The number of hydrogen-bond acceptors (Lipinski definition) is 4. The predicted molar refractivity (Wildman–Crippen MR) is 132 cm³/mol. The molecule has 0 bridgehead atoms. The predicted octanol–water partition coefficient (Wildman–Crippen LogP) is 6.57. The lowest BCUT2D eigenvalue weighted by molar-refractivity contribution is -0.111. The first-order valence-electron chi connectivity index (χ1n) is 9.64. The summed E-state index contributed by atoms with van der Waals surface area (Å²) in [7, 11) is 1.51. The van der Waals surface area contributed by atoms with Crippen LogP contribution in [0.4, 0.5) is 0 Å². The Kier molecular flexibility index (Phi) is 10.7. The van der Waals surface area contributed by atoms with Crippen molar-refractivity contribution in [2.45, 2.75) is 6.92 Å². The maximum absolute atomic E-state index is 12.3. The van der Waals surface area contributed by atoms with E-state index in [1.807, 2.05) is 62.2 Å². The first-order chi connectivity index (χ1) is 15.3. The van der Waals surface area contributed by atoms with Gasteiger partial charge in [0.15, 0.2) is 5.78 Å². The Hall–Kier alpha value is -4.18. The summed E-state index contributed by atoms with van der Waals surface area (Å²) in [6.45, 7) is 19.3. The number of carbonyl (C=O) groups excluding carboxylic acids is 2. The Balaban J connectivity index is 0.00000249. The van der Waals surface area contributed by atoms with Crippen molar-refractivity contribution in [3.05, 3.63) is 127 Å². The van der Waals surface area contributed by atoms with Gasteiger partial charge in [0.2, 0.25) is 0 Å². The largest absolute Gasteiger partial charge is 0.497 e. The van der Waals surface area contributed by atoms with Crippen molar-refractivity contribution >= 4 is 18.1 Å². The molecule has 0 radical (unpaired) electrons. The van der Waals surface area contributed by atoms with Gasteiger partial charge in [0.25, 0.3) is 0 Å². The van der Waals surface area contributed by atoms with E-state index < -0.39 is 0 Å². The molecule has 164 valence electrons. The lowest BCUT2D eigenvalue weighted by Gasteiger charge is -2.07. The molecule has 4 heteroatoms. The van der Waals surface area contributed by atoms with Gasteiger partial charge in [-0.2, -0.15) is 0 Å². The summed E-state index contributed by atoms with van der Waals surface area (Å²) in [6, 6.07) is 15.5. The average Bonchev–Trinajstić information content (AvgIpc) is 2.83. The fourth-order valence-corrected chi connectivity index (χ4v) is 2.40. The molecule has 0 unspecified atom stereocenters. The quantitative estimate of drug-likeness (QED) is 0.244. The van der Waals surface area contributed by atoms with Gasteiger partial charge in [-0.1, -0.05) is 68.3 Å². The third-order valence-corrected chi connectivity index (χ3v) is 4.28. The maximum atomic E-state index is 12.3. The number of carbonyl (C=O) groups is 2. The Morgan fingerprint density at radius 2 is 1.22 bits per heavy atom. The summed E-state index contributed by atoms with van der Waals surface area (Å²) in [5.74, 6) is 1.69. The number of hydrogen-bond donors (Lipinski definition) is 0. The molecular formula is C28H28O4. The van der Waals surface area contributed by atoms with E-state index in [0.717, 1.165) is 22.6 Å². The van der Waals surface area contributed by atoms with Crippen molar-refractivity contribution in [1.82, 2.24) is 0 Å². The third-order valence-electron chi connectivity index (χ3n) is 4.28. The monoisotopic (exact) mass is 428 g/mol. The van der Waals surface area contributed by atoms with Crippen molar-refractivity contribution in [2.75, 3.05) is 7.11 Å². The maximum Gasteiger partial charge on any atom is 0.191 e. The molecule has 2 aromatic carbocycles. The van der Waals surface area contributed by atoms with Gasteiger partial charge >= 0.3 is 0 Å². The van der Waals surface area contributed by atoms with Crippen molar-refractivity contribution < 1.29 is 19.1 Å². The van der Waals surface area contributed by atoms with Crippen molar-refractivity contribution in [2.24, 2.45) is 0 Å². The third kappa shape index (κ3) is 8.28. The van der Waals surface area contributed by atoms with E-state index in [0.29, 0.717) is 16.9 Å². The van der Waals surface area contributed by atoms with E-state index in [4.69, 9.17) is 14.3 Å². The second-order valence-electron chi connectivity index (χ2n) is 6.68. The molecule has 0 amide bonds. The average molecular weight is 429 g/mol.